The third-order valence-corrected chi connectivity index (χ3v) is 9.65. The van der Waals surface area contributed by atoms with Crippen molar-refractivity contribution in [3.05, 3.63) is 40.3 Å². The monoisotopic (exact) mass is 433 g/mol. The fourth-order valence-corrected chi connectivity index (χ4v) is 8.92. The zero-order valence-electron chi connectivity index (χ0n) is 18.4. The molecule has 3 heterocycles. The minimum absolute atomic E-state index is 0.0547. The lowest BCUT2D eigenvalue weighted by Gasteiger charge is -2.59. The number of fused-ring (bicyclic) bond motifs is 4. The van der Waals surface area contributed by atoms with Crippen LogP contribution in [0.3, 0.4) is 0 Å². The number of hydrogen-bond donors (Lipinski definition) is 1. The molecule has 2 aromatic rings. The van der Waals surface area contributed by atoms with E-state index in [4.69, 9.17) is 0 Å². The predicted octanol–water partition coefficient (Wildman–Crippen LogP) is 4.09. The van der Waals surface area contributed by atoms with E-state index in [1.807, 2.05) is 24.3 Å². The maximum atomic E-state index is 13.2. The molecule has 4 saturated carbocycles. The summed E-state index contributed by atoms with van der Waals surface area (Å²) in [6, 6.07) is 9.35. The molecule has 2 saturated heterocycles. The van der Waals surface area contributed by atoms with Gasteiger partial charge in [-0.3, -0.25) is 9.69 Å². The minimum atomic E-state index is -1.23. The van der Waals surface area contributed by atoms with Gasteiger partial charge in [-0.05, 0) is 93.6 Å². The fourth-order valence-electron chi connectivity index (χ4n) is 8.92. The van der Waals surface area contributed by atoms with Crippen molar-refractivity contribution in [3.63, 3.8) is 0 Å². The van der Waals surface area contributed by atoms with Gasteiger partial charge in [0, 0.05) is 24.2 Å². The van der Waals surface area contributed by atoms with Crippen LogP contribution in [0.4, 0.5) is 0 Å². The van der Waals surface area contributed by atoms with Gasteiger partial charge in [-0.15, -0.1) is 0 Å². The third-order valence-electron chi connectivity index (χ3n) is 9.65. The second-order valence-electron chi connectivity index (χ2n) is 11.3. The first-order chi connectivity index (χ1) is 15.6. The molecule has 1 aromatic carbocycles. The molecule has 0 radical (unpaired) electrons. The average molecular weight is 434 g/mol. The molecule has 0 unspecified atom stereocenters. The highest BCUT2D eigenvalue weighted by molar-refractivity contribution is 5.88. The van der Waals surface area contributed by atoms with Crippen LogP contribution in [0.5, 0.6) is 0 Å². The van der Waals surface area contributed by atoms with Crippen molar-refractivity contribution in [2.45, 2.75) is 82.0 Å². The molecule has 8 rings (SSSR count). The molecule has 6 nitrogen and oxygen atoms in total. The molecule has 1 aromatic heterocycles. The van der Waals surface area contributed by atoms with Gasteiger partial charge < -0.3 is 9.67 Å². The molecule has 1 N–H and O–H groups in total. The summed E-state index contributed by atoms with van der Waals surface area (Å²) in [5.74, 6) is 2.51. The predicted molar refractivity (Wildman–Crippen MR) is 121 cm³/mol. The first-order valence-corrected chi connectivity index (χ1v) is 12.6. The molecule has 2 aliphatic heterocycles. The number of para-hydroxylation sites is 2. The number of aromatic carboxylic acids is 1. The zero-order chi connectivity index (χ0) is 21.6. The van der Waals surface area contributed by atoms with Crippen molar-refractivity contribution in [1.29, 1.82) is 0 Å². The van der Waals surface area contributed by atoms with Crippen molar-refractivity contribution >= 4 is 17.0 Å². The molecular weight excluding hydrogens is 402 g/mol. The second kappa shape index (κ2) is 6.89. The summed E-state index contributed by atoms with van der Waals surface area (Å²) in [5, 5.41) is 9.61. The number of carboxylic acids is 1. The van der Waals surface area contributed by atoms with E-state index in [0.717, 1.165) is 48.1 Å². The minimum Gasteiger partial charge on any atom is -0.476 e. The van der Waals surface area contributed by atoms with Crippen LogP contribution in [0.1, 0.15) is 74.3 Å². The Morgan fingerprint density at radius 3 is 2.12 bits per heavy atom. The molecule has 6 fully saturated rings. The van der Waals surface area contributed by atoms with E-state index < -0.39 is 11.5 Å². The number of hydrogen-bond acceptors (Lipinski definition) is 4. The van der Waals surface area contributed by atoms with Gasteiger partial charge in [0.15, 0.2) is 0 Å². The number of carbonyl (C=O) groups is 1. The van der Waals surface area contributed by atoms with E-state index in [2.05, 4.69) is 9.88 Å². The summed E-state index contributed by atoms with van der Waals surface area (Å²) >= 11 is 0. The Labute approximate surface area is 187 Å². The number of benzene rings is 1. The van der Waals surface area contributed by atoms with Crippen molar-refractivity contribution in [2.24, 2.45) is 23.7 Å². The lowest BCUT2D eigenvalue weighted by Crippen LogP contribution is -2.60. The van der Waals surface area contributed by atoms with Gasteiger partial charge in [-0.2, -0.15) is 0 Å². The molecule has 32 heavy (non-hydrogen) atoms. The van der Waals surface area contributed by atoms with Gasteiger partial charge in [-0.25, -0.2) is 9.78 Å². The Bertz CT molecular complexity index is 1110. The summed E-state index contributed by atoms with van der Waals surface area (Å²) in [5.41, 5.74) is 0.582. The first kappa shape index (κ1) is 19.3. The van der Waals surface area contributed by atoms with Crippen LogP contribution in [0, 0.1) is 23.7 Å². The number of nitrogens with zero attached hydrogens (tertiary/aromatic N) is 3. The largest absolute Gasteiger partial charge is 0.476 e. The molecule has 6 aliphatic rings. The Hall–Kier alpha value is -2.21. The van der Waals surface area contributed by atoms with Crippen molar-refractivity contribution in [3.8, 4) is 0 Å². The van der Waals surface area contributed by atoms with Crippen molar-refractivity contribution < 1.29 is 9.90 Å². The summed E-state index contributed by atoms with van der Waals surface area (Å²) in [7, 11) is 0. The van der Waals surface area contributed by atoms with E-state index >= 15 is 0 Å². The number of rotatable bonds is 3. The maximum Gasteiger partial charge on any atom is 0.360 e. The highest BCUT2D eigenvalue weighted by Gasteiger charge is 2.55. The Morgan fingerprint density at radius 2 is 1.50 bits per heavy atom. The summed E-state index contributed by atoms with van der Waals surface area (Å²) in [4.78, 5) is 32.1. The van der Waals surface area contributed by atoms with E-state index in [1.54, 1.807) is 4.57 Å². The van der Waals surface area contributed by atoms with E-state index in [9.17, 15) is 14.7 Å². The van der Waals surface area contributed by atoms with Crippen LogP contribution < -0.4 is 5.56 Å². The molecule has 0 spiro atoms. The maximum absolute atomic E-state index is 13.2. The average Bonchev–Trinajstić information content (AvgIpc) is 3.01. The highest BCUT2D eigenvalue weighted by atomic mass is 16.4. The number of carboxylic acid groups (broad SMARTS) is 1. The molecule has 6 heteroatoms. The highest BCUT2D eigenvalue weighted by Crippen LogP contribution is 2.57. The van der Waals surface area contributed by atoms with Crippen molar-refractivity contribution in [2.75, 3.05) is 0 Å². The van der Waals surface area contributed by atoms with Gasteiger partial charge in [0.05, 0.1) is 11.0 Å². The number of aromatic nitrogens is 2. The van der Waals surface area contributed by atoms with Crippen LogP contribution in [-0.4, -0.2) is 43.7 Å². The topological polar surface area (TPSA) is 75.4 Å². The van der Waals surface area contributed by atoms with Gasteiger partial charge >= 0.3 is 5.97 Å². The van der Waals surface area contributed by atoms with E-state index in [1.165, 1.54) is 44.9 Å². The number of piperidine rings is 1. The lowest BCUT2D eigenvalue weighted by atomic mass is 9.53. The van der Waals surface area contributed by atoms with Gasteiger partial charge in [0.1, 0.15) is 0 Å². The van der Waals surface area contributed by atoms with Crippen LogP contribution in [0.15, 0.2) is 29.1 Å². The Morgan fingerprint density at radius 1 is 0.875 bits per heavy atom. The van der Waals surface area contributed by atoms with E-state index in [-0.39, 0.29) is 11.7 Å². The Balaban J connectivity index is 1.24. The third kappa shape index (κ3) is 2.71. The smallest absolute Gasteiger partial charge is 0.360 e. The van der Waals surface area contributed by atoms with Crippen molar-refractivity contribution in [1.82, 2.24) is 14.5 Å². The molecule has 4 aliphatic carbocycles. The quantitative estimate of drug-likeness (QED) is 0.789. The summed E-state index contributed by atoms with van der Waals surface area (Å²) in [6.07, 6.45) is 11.6. The van der Waals surface area contributed by atoms with Crippen LogP contribution in [-0.2, 0) is 0 Å². The first-order valence-electron chi connectivity index (χ1n) is 12.6. The molecule has 0 amide bonds. The standard InChI is InChI=1S/C26H31N3O3/c30-25-23(26(31)32)27-21-3-1-2-4-22(21)29(25)20-12-18-5-6-19(13-20)28(18)24-16-8-14-7-15(10-16)11-17(24)9-14/h1-4,14-20,24H,5-13H2,(H,31,32)/t14?,15?,16?,17?,18-,19+,20+,24?. The summed E-state index contributed by atoms with van der Waals surface area (Å²) in [6.45, 7) is 0. The van der Waals surface area contributed by atoms with Crippen LogP contribution in [0.2, 0.25) is 0 Å². The molecule has 6 bridgehead atoms. The van der Waals surface area contributed by atoms with E-state index in [0.29, 0.717) is 17.6 Å². The molecular formula is C26H31N3O3. The summed E-state index contributed by atoms with van der Waals surface area (Å²) < 4.78 is 1.78. The zero-order valence-corrected chi connectivity index (χ0v) is 18.4. The Kier molecular flexibility index (Phi) is 4.15. The molecule has 168 valence electrons. The SMILES string of the molecule is O=C(O)c1nc2ccccc2n([C@H]2C[C@H]3CC[C@@H](C2)N3C2C3CC4CC(C3)CC2C4)c1=O. The normalized spacial score (nSPS) is 40.2. The van der Waals surface area contributed by atoms with Crippen LogP contribution in [0.25, 0.3) is 11.0 Å². The second-order valence-corrected chi connectivity index (χ2v) is 11.3. The lowest BCUT2D eigenvalue weighted by molar-refractivity contribution is -0.0938. The van der Waals surface area contributed by atoms with Gasteiger partial charge in [0.2, 0.25) is 5.69 Å². The fraction of sp³-hybridized carbons (Fsp3) is 0.654. The van der Waals surface area contributed by atoms with Crippen LogP contribution >= 0.6 is 0 Å². The van der Waals surface area contributed by atoms with Gasteiger partial charge in [-0.1, -0.05) is 12.1 Å². The van der Waals surface area contributed by atoms with Gasteiger partial charge in [0.25, 0.3) is 5.56 Å². The molecule has 3 atom stereocenters.